The van der Waals surface area contributed by atoms with Crippen molar-refractivity contribution in [1.29, 1.82) is 0 Å². The van der Waals surface area contributed by atoms with E-state index in [2.05, 4.69) is 30.8 Å². The number of hydrogen-bond donors (Lipinski definition) is 2. The van der Waals surface area contributed by atoms with Crippen LogP contribution in [0, 0.1) is 6.92 Å². The van der Waals surface area contributed by atoms with Crippen LogP contribution in [0.3, 0.4) is 0 Å². The number of aromatic nitrogens is 2. The second-order valence-electron chi connectivity index (χ2n) is 5.93. The van der Waals surface area contributed by atoms with Crippen LogP contribution in [0.1, 0.15) is 32.0 Å². The summed E-state index contributed by atoms with van der Waals surface area (Å²) in [4.78, 5) is 0.212. The van der Waals surface area contributed by atoms with Gasteiger partial charge in [-0.15, -0.1) is 0 Å². The molecule has 1 aromatic heterocycles. The highest BCUT2D eigenvalue weighted by Crippen LogP contribution is 2.24. The molecule has 0 saturated carbocycles. The summed E-state index contributed by atoms with van der Waals surface area (Å²) >= 11 is 3.36. The molecule has 0 fully saturated rings. The van der Waals surface area contributed by atoms with Crippen molar-refractivity contribution >= 4 is 31.8 Å². The molecule has 1 aromatic carbocycles. The molecule has 0 aliphatic carbocycles. The molecule has 0 spiro atoms. The van der Waals surface area contributed by atoms with Gasteiger partial charge in [-0.25, -0.2) is 8.42 Å². The van der Waals surface area contributed by atoms with Crippen LogP contribution in [-0.2, 0) is 15.4 Å². The summed E-state index contributed by atoms with van der Waals surface area (Å²) in [5, 5.41) is 6.86. The van der Waals surface area contributed by atoms with Gasteiger partial charge in [-0.2, -0.15) is 5.10 Å². The van der Waals surface area contributed by atoms with Crippen LogP contribution >= 0.6 is 15.9 Å². The van der Waals surface area contributed by atoms with Gasteiger partial charge < -0.3 is 0 Å². The predicted molar refractivity (Wildman–Crippen MR) is 87.0 cm³/mol. The Morgan fingerprint density at radius 3 is 2.43 bits per heavy atom. The Labute approximate surface area is 133 Å². The summed E-state index contributed by atoms with van der Waals surface area (Å²) in [6, 6.07) is 6.60. The van der Waals surface area contributed by atoms with Gasteiger partial charge in [0.15, 0.2) is 5.82 Å². The summed E-state index contributed by atoms with van der Waals surface area (Å²) in [6.45, 7) is 7.92. The Morgan fingerprint density at radius 2 is 1.90 bits per heavy atom. The van der Waals surface area contributed by atoms with Crippen LogP contribution in [0.15, 0.2) is 33.6 Å². The molecule has 2 N–H and O–H groups in total. The summed E-state index contributed by atoms with van der Waals surface area (Å²) in [5.41, 5.74) is 1.60. The largest absolute Gasteiger partial charge is 0.280 e. The van der Waals surface area contributed by atoms with E-state index in [1.54, 1.807) is 24.3 Å². The van der Waals surface area contributed by atoms with Crippen molar-refractivity contribution in [3.05, 3.63) is 40.0 Å². The highest BCUT2D eigenvalue weighted by atomic mass is 79.9. The number of anilines is 1. The molecule has 21 heavy (non-hydrogen) atoms. The van der Waals surface area contributed by atoms with E-state index in [4.69, 9.17) is 0 Å². The van der Waals surface area contributed by atoms with E-state index in [0.717, 1.165) is 15.7 Å². The van der Waals surface area contributed by atoms with Crippen molar-refractivity contribution < 1.29 is 8.42 Å². The lowest BCUT2D eigenvalue weighted by atomic mass is 9.92. The van der Waals surface area contributed by atoms with Gasteiger partial charge in [0.1, 0.15) is 0 Å². The number of benzene rings is 1. The molecular weight excluding hydrogens is 354 g/mol. The fourth-order valence-electron chi connectivity index (χ4n) is 1.74. The fraction of sp³-hybridized carbons (Fsp3) is 0.357. The molecule has 0 unspecified atom stereocenters. The maximum Gasteiger partial charge on any atom is 0.263 e. The van der Waals surface area contributed by atoms with Crippen LogP contribution in [-0.4, -0.2) is 18.6 Å². The second-order valence-corrected chi connectivity index (χ2v) is 8.47. The molecule has 0 saturated heterocycles. The average molecular weight is 372 g/mol. The van der Waals surface area contributed by atoms with Crippen LogP contribution in [0.25, 0.3) is 0 Å². The topological polar surface area (TPSA) is 74.8 Å². The summed E-state index contributed by atoms with van der Waals surface area (Å²) < 4.78 is 28.0. The van der Waals surface area contributed by atoms with Crippen LogP contribution < -0.4 is 4.72 Å². The predicted octanol–water partition coefficient (Wildman–Crippen LogP) is 3.58. The summed E-state index contributed by atoms with van der Waals surface area (Å²) in [7, 11) is -3.64. The molecule has 114 valence electrons. The minimum atomic E-state index is -3.64. The zero-order valence-corrected chi connectivity index (χ0v) is 14.8. The van der Waals surface area contributed by atoms with E-state index in [-0.39, 0.29) is 10.3 Å². The Hall–Kier alpha value is -1.34. The number of aromatic amines is 1. The first-order chi connectivity index (χ1) is 9.59. The molecule has 5 nitrogen and oxygen atoms in total. The zero-order valence-electron chi connectivity index (χ0n) is 12.4. The van der Waals surface area contributed by atoms with Crippen molar-refractivity contribution in [1.82, 2.24) is 10.2 Å². The molecule has 0 aliphatic rings. The number of nitrogens with zero attached hydrogens (tertiary/aromatic N) is 1. The Balaban J connectivity index is 2.29. The van der Waals surface area contributed by atoms with Crippen molar-refractivity contribution in [3.63, 3.8) is 0 Å². The highest BCUT2D eigenvalue weighted by molar-refractivity contribution is 9.10. The highest BCUT2D eigenvalue weighted by Gasteiger charge is 2.20. The van der Waals surface area contributed by atoms with Gasteiger partial charge in [-0.3, -0.25) is 9.82 Å². The lowest BCUT2D eigenvalue weighted by Crippen LogP contribution is -2.13. The lowest BCUT2D eigenvalue weighted by molar-refractivity contribution is 0.567. The van der Waals surface area contributed by atoms with E-state index in [1.165, 1.54) is 0 Å². The van der Waals surface area contributed by atoms with Gasteiger partial charge in [-0.05, 0) is 30.7 Å². The molecule has 0 bridgehead atoms. The molecule has 1 heterocycles. The molecule has 0 amide bonds. The molecule has 0 radical (unpaired) electrons. The first kappa shape index (κ1) is 16.0. The van der Waals surface area contributed by atoms with Gasteiger partial charge in [0.25, 0.3) is 10.0 Å². The molecule has 0 aliphatic heterocycles. The van der Waals surface area contributed by atoms with Crippen molar-refractivity contribution in [2.75, 3.05) is 4.72 Å². The van der Waals surface area contributed by atoms with Crippen LogP contribution in [0.2, 0.25) is 0 Å². The third-order valence-corrected chi connectivity index (χ3v) is 5.31. The maximum absolute atomic E-state index is 12.3. The average Bonchev–Trinajstić information content (AvgIpc) is 2.80. The monoisotopic (exact) mass is 371 g/mol. The second kappa shape index (κ2) is 5.46. The van der Waals surface area contributed by atoms with Crippen molar-refractivity contribution in [2.24, 2.45) is 0 Å². The number of rotatable bonds is 3. The van der Waals surface area contributed by atoms with Crippen LogP contribution in [0.4, 0.5) is 5.82 Å². The number of sulfonamides is 1. The third-order valence-electron chi connectivity index (χ3n) is 3.06. The number of halogens is 1. The fourth-order valence-corrected chi connectivity index (χ4v) is 3.06. The molecular formula is C14H18BrN3O2S. The van der Waals surface area contributed by atoms with Gasteiger partial charge in [0.2, 0.25) is 0 Å². The smallest absolute Gasteiger partial charge is 0.263 e. The third kappa shape index (κ3) is 3.65. The van der Waals surface area contributed by atoms with Gasteiger partial charge in [-0.1, -0.05) is 36.7 Å². The maximum atomic E-state index is 12.3. The molecule has 2 rings (SSSR count). The molecule has 0 atom stereocenters. The van der Waals surface area contributed by atoms with Gasteiger partial charge in [0, 0.05) is 21.6 Å². The number of aryl methyl sites for hydroxylation is 1. The summed E-state index contributed by atoms with van der Waals surface area (Å²) in [5.74, 6) is 0.292. The minimum absolute atomic E-state index is 0.120. The zero-order chi connectivity index (χ0) is 15.8. The Kier molecular flexibility index (Phi) is 4.17. The number of H-pyrrole nitrogens is 1. The van der Waals surface area contributed by atoms with Gasteiger partial charge in [0.05, 0.1) is 4.90 Å². The SMILES string of the molecule is Cc1cc(S(=O)(=O)Nc2cc(C(C)(C)C)[nH]n2)ccc1Br. The minimum Gasteiger partial charge on any atom is -0.280 e. The number of hydrogen-bond acceptors (Lipinski definition) is 3. The Bertz CT molecular complexity index is 761. The van der Waals surface area contributed by atoms with E-state index in [0.29, 0.717) is 5.82 Å². The number of nitrogens with one attached hydrogen (secondary N) is 2. The quantitative estimate of drug-likeness (QED) is 0.865. The van der Waals surface area contributed by atoms with Gasteiger partial charge >= 0.3 is 0 Å². The lowest BCUT2D eigenvalue weighted by Gasteiger charge is -2.14. The first-order valence-electron chi connectivity index (χ1n) is 6.44. The van der Waals surface area contributed by atoms with Crippen molar-refractivity contribution in [2.45, 2.75) is 38.0 Å². The van der Waals surface area contributed by atoms with Crippen LogP contribution in [0.5, 0.6) is 0 Å². The Morgan fingerprint density at radius 1 is 1.24 bits per heavy atom. The van der Waals surface area contributed by atoms with E-state index in [1.807, 2.05) is 27.7 Å². The van der Waals surface area contributed by atoms with E-state index >= 15 is 0 Å². The molecule has 7 heteroatoms. The van der Waals surface area contributed by atoms with E-state index in [9.17, 15) is 8.42 Å². The molecule has 2 aromatic rings. The van der Waals surface area contributed by atoms with E-state index < -0.39 is 10.0 Å². The standard InChI is InChI=1S/C14H18BrN3O2S/c1-9-7-10(5-6-11(9)15)21(19,20)18-13-8-12(16-17-13)14(2,3)4/h5-8H,1-4H3,(H2,16,17,18). The van der Waals surface area contributed by atoms with Crippen molar-refractivity contribution in [3.8, 4) is 0 Å². The first-order valence-corrected chi connectivity index (χ1v) is 8.72. The normalized spacial score (nSPS) is 12.4. The summed E-state index contributed by atoms with van der Waals surface area (Å²) in [6.07, 6.45) is 0.